The monoisotopic (exact) mass is 591 g/mol. The third kappa shape index (κ3) is 6.19. The van der Waals surface area contributed by atoms with Crippen molar-refractivity contribution in [3.05, 3.63) is 93.5 Å². The first-order valence-corrected chi connectivity index (χ1v) is 15.4. The van der Waals surface area contributed by atoms with Crippen molar-refractivity contribution < 1.29 is 18.1 Å². The number of hydrogen-bond acceptors (Lipinski definition) is 8. The van der Waals surface area contributed by atoms with Crippen LogP contribution in [0.15, 0.2) is 76.7 Å². The number of nitro benzene ring substituents is 1. The van der Waals surface area contributed by atoms with Crippen LogP contribution in [0.4, 0.5) is 10.8 Å². The Bertz CT molecular complexity index is 1720. The van der Waals surface area contributed by atoms with Gasteiger partial charge in [0.05, 0.1) is 26.3 Å². The molecule has 2 atom stereocenters. The van der Waals surface area contributed by atoms with E-state index in [2.05, 4.69) is 23.9 Å². The van der Waals surface area contributed by atoms with Crippen LogP contribution >= 0.6 is 11.3 Å². The number of nitrogens with zero attached hydrogens (tertiary/aromatic N) is 5. The van der Waals surface area contributed by atoms with E-state index in [4.69, 9.17) is 0 Å². The van der Waals surface area contributed by atoms with Crippen LogP contribution < -0.4 is 5.01 Å². The number of hydrogen-bond donors (Lipinski definition) is 0. The molecule has 1 amide bonds. The minimum Gasteiger partial charge on any atom is -0.267 e. The van der Waals surface area contributed by atoms with Gasteiger partial charge in [-0.2, -0.15) is 14.4 Å². The van der Waals surface area contributed by atoms with Crippen LogP contribution in [-0.4, -0.2) is 47.8 Å². The predicted octanol–water partition coefficient (Wildman–Crippen LogP) is 5.86. The quantitative estimate of drug-likeness (QED) is 0.151. The van der Waals surface area contributed by atoms with Crippen LogP contribution in [-0.2, 0) is 10.0 Å². The highest BCUT2D eigenvalue weighted by Gasteiger charge is 2.32. The summed E-state index contributed by atoms with van der Waals surface area (Å²) >= 11 is 1.30. The Hall–Kier alpha value is -4.00. The Balaban J connectivity index is 1.46. The first kappa shape index (κ1) is 28.5. The van der Waals surface area contributed by atoms with Gasteiger partial charge < -0.3 is 0 Å². The molecule has 2 unspecified atom stereocenters. The van der Waals surface area contributed by atoms with Crippen LogP contribution in [0.25, 0.3) is 10.2 Å². The SMILES string of the molecule is Cc1ccc2nc(N(/N=C/c3ccc([N+](=O)[O-])cc3)C(=O)c3ccc(S(=O)(=O)N4CC(C)CC(C)C4)cc3)sc2c1. The lowest BCUT2D eigenvalue weighted by molar-refractivity contribution is -0.384. The number of aromatic nitrogens is 1. The first-order valence-electron chi connectivity index (χ1n) is 13.1. The zero-order valence-corrected chi connectivity index (χ0v) is 24.4. The minimum absolute atomic E-state index is 0.0554. The molecule has 0 spiro atoms. The Morgan fingerprint density at radius 3 is 2.37 bits per heavy atom. The van der Waals surface area contributed by atoms with Crippen molar-refractivity contribution in [2.75, 3.05) is 18.1 Å². The summed E-state index contributed by atoms with van der Waals surface area (Å²) < 4.78 is 29.1. The molecule has 1 aliphatic rings. The molecule has 1 aromatic heterocycles. The normalized spacial score (nSPS) is 18.1. The summed E-state index contributed by atoms with van der Waals surface area (Å²) in [5, 5.41) is 16.9. The van der Waals surface area contributed by atoms with Crippen molar-refractivity contribution in [1.29, 1.82) is 0 Å². The number of amides is 1. The molecule has 10 nitrogen and oxygen atoms in total. The molecule has 0 bridgehead atoms. The first-order chi connectivity index (χ1) is 19.5. The van der Waals surface area contributed by atoms with Gasteiger partial charge in [-0.1, -0.05) is 31.3 Å². The van der Waals surface area contributed by atoms with E-state index in [1.54, 1.807) is 0 Å². The molecule has 5 rings (SSSR count). The number of hydrazone groups is 1. The van der Waals surface area contributed by atoms with Crippen LogP contribution in [0.5, 0.6) is 0 Å². The average Bonchev–Trinajstić information content (AvgIpc) is 3.35. The van der Waals surface area contributed by atoms with Crippen molar-refractivity contribution >= 4 is 54.5 Å². The highest BCUT2D eigenvalue weighted by Crippen LogP contribution is 2.31. The highest BCUT2D eigenvalue weighted by molar-refractivity contribution is 7.89. The number of carbonyl (C=O) groups excluding carboxylic acids is 1. The molecule has 41 heavy (non-hydrogen) atoms. The van der Waals surface area contributed by atoms with Crippen LogP contribution in [0.1, 0.15) is 41.8 Å². The minimum atomic E-state index is -3.70. The molecule has 12 heteroatoms. The Morgan fingerprint density at radius 2 is 1.73 bits per heavy atom. The summed E-state index contributed by atoms with van der Waals surface area (Å²) in [6.07, 6.45) is 2.41. The lowest BCUT2D eigenvalue weighted by Crippen LogP contribution is -2.42. The zero-order chi connectivity index (χ0) is 29.3. The number of anilines is 1. The van der Waals surface area contributed by atoms with Gasteiger partial charge in [0.2, 0.25) is 15.2 Å². The van der Waals surface area contributed by atoms with E-state index in [9.17, 15) is 23.3 Å². The van der Waals surface area contributed by atoms with E-state index in [1.165, 1.54) is 75.4 Å². The summed E-state index contributed by atoms with van der Waals surface area (Å²) in [6, 6.07) is 17.4. The molecular weight excluding hydrogens is 562 g/mol. The number of non-ortho nitro benzene ring substituents is 1. The predicted molar refractivity (Wildman–Crippen MR) is 160 cm³/mol. The molecule has 0 aliphatic carbocycles. The molecule has 3 aromatic carbocycles. The van der Waals surface area contributed by atoms with E-state index in [1.807, 2.05) is 25.1 Å². The molecule has 0 saturated carbocycles. The number of sulfonamides is 1. The van der Waals surface area contributed by atoms with E-state index in [-0.39, 0.29) is 28.0 Å². The topological polar surface area (TPSA) is 126 Å². The molecule has 4 aromatic rings. The third-order valence-electron chi connectivity index (χ3n) is 6.91. The van der Waals surface area contributed by atoms with E-state index in [0.717, 1.165) is 16.7 Å². The van der Waals surface area contributed by atoms with E-state index < -0.39 is 20.9 Å². The fourth-order valence-corrected chi connectivity index (χ4v) is 7.65. The Kier molecular flexibility index (Phi) is 7.98. The van der Waals surface area contributed by atoms with E-state index >= 15 is 0 Å². The smallest absolute Gasteiger partial charge is 0.267 e. The molecule has 1 saturated heterocycles. The fourth-order valence-electron chi connectivity index (χ4n) is 4.95. The number of fused-ring (bicyclic) bond motifs is 1. The molecule has 2 heterocycles. The summed E-state index contributed by atoms with van der Waals surface area (Å²) in [6.45, 7) is 7.00. The van der Waals surface area contributed by atoms with Gasteiger partial charge in [-0.15, -0.1) is 0 Å². The van der Waals surface area contributed by atoms with Gasteiger partial charge in [-0.05, 0) is 84.8 Å². The largest absolute Gasteiger partial charge is 0.280 e. The number of benzene rings is 3. The molecule has 0 N–H and O–H groups in total. The van der Waals surface area contributed by atoms with Gasteiger partial charge in [-0.25, -0.2) is 13.4 Å². The average molecular weight is 592 g/mol. The molecule has 0 radical (unpaired) electrons. The second-order valence-corrected chi connectivity index (χ2v) is 13.4. The number of nitro groups is 1. The maximum atomic E-state index is 13.7. The van der Waals surface area contributed by atoms with Crippen molar-refractivity contribution in [1.82, 2.24) is 9.29 Å². The van der Waals surface area contributed by atoms with Crippen molar-refractivity contribution in [2.24, 2.45) is 16.9 Å². The molecule has 212 valence electrons. The summed E-state index contributed by atoms with van der Waals surface area (Å²) in [5.41, 5.74) is 2.50. The van der Waals surface area contributed by atoms with Gasteiger partial charge in [0.25, 0.3) is 11.6 Å². The maximum Gasteiger partial charge on any atom is 0.280 e. The van der Waals surface area contributed by atoms with Crippen molar-refractivity contribution in [3.8, 4) is 0 Å². The second kappa shape index (κ2) is 11.5. The van der Waals surface area contributed by atoms with Gasteiger partial charge in [0.15, 0.2) is 0 Å². The number of rotatable bonds is 7. The standard InChI is InChI=1S/C29H29N5O5S2/c1-19-4-13-26-27(15-19)40-29(31-26)33(30-16-22-5-9-24(10-6-22)34(36)37)28(35)23-7-11-25(12-8-23)41(38,39)32-17-20(2)14-21(3)18-32/h4-13,15-16,20-21H,14,17-18H2,1-3H3/b30-16+. The Morgan fingerprint density at radius 1 is 1.07 bits per heavy atom. The highest BCUT2D eigenvalue weighted by atomic mass is 32.2. The molecule has 1 fully saturated rings. The van der Waals surface area contributed by atoms with E-state index in [0.29, 0.717) is 29.3 Å². The van der Waals surface area contributed by atoms with Gasteiger partial charge in [0, 0.05) is 30.8 Å². The fraction of sp³-hybridized carbons (Fsp3) is 0.276. The van der Waals surface area contributed by atoms with Crippen LogP contribution in [0.2, 0.25) is 0 Å². The van der Waals surface area contributed by atoms with Crippen molar-refractivity contribution in [3.63, 3.8) is 0 Å². The lowest BCUT2D eigenvalue weighted by Gasteiger charge is -2.34. The van der Waals surface area contributed by atoms with Crippen LogP contribution in [0, 0.1) is 28.9 Å². The summed E-state index contributed by atoms with van der Waals surface area (Å²) in [7, 11) is -3.70. The summed E-state index contributed by atoms with van der Waals surface area (Å²) in [4.78, 5) is 29.0. The molecular formula is C29H29N5O5S2. The zero-order valence-electron chi connectivity index (χ0n) is 22.8. The molecule has 1 aliphatic heterocycles. The number of aryl methyl sites for hydroxylation is 1. The summed E-state index contributed by atoms with van der Waals surface area (Å²) in [5.74, 6) is 0.0476. The lowest BCUT2D eigenvalue weighted by atomic mass is 9.94. The van der Waals surface area contributed by atoms with Crippen molar-refractivity contribution in [2.45, 2.75) is 32.1 Å². The Labute approximate surface area is 242 Å². The number of carbonyl (C=O) groups is 1. The van der Waals surface area contributed by atoms with Crippen LogP contribution in [0.3, 0.4) is 0 Å². The second-order valence-electron chi connectivity index (χ2n) is 10.5. The third-order valence-corrected chi connectivity index (χ3v) is 9.75. The van der Waals surface area contributed by atoms with Gasteiger partial charge in [0.1, 0.15) is 0 Å². The maximum absolute atomic E-state index is 13.7. The number of piperidine rings is 1. The van der Waals surface area contributed by atoms with Gasteiger partial charge >= 0.3 is 0 Å². The number of thiazole rings is 1. The van der Waals surface area contributed by atoms with Gasteiger partial charge in [-0.3, -0.25) is 14.9 Å².